The van der Waals surface area contributed by atoms with Gasteiger partial charge < -0.3 is 19.3 Å². The third kappa shape index (κ3) is 6.12. The van der Waals surface area contributed by atoms with Gasteiger partial charge in [-0.15, -0.1) is 0 Å². The minimum absolute atomic E-state index is 0.0447. The first-order chi connectivity index (χ1) is 16.2. The van der Waals surface area contributed by atoms with E-state index < -0.39 is 38.1 Å². The van der Waals surface area contributed by atoms with Crippen molar-refractivity contribution in [3.8, 4) is 5.75 Å². The molecule has 0 fully saturated rings. The molecule has 194 valence electrons. The number of carbonyl (C=O) groups is 1. The highest BCUT2D eigenvalue weighted by Gasteiger charge is 2.34. The molecule has 1 amide bonds. The smallest absolute Gasteiger partial charge is 0.280 e. The predicted octanol–water partition coefficient (Wildman–Crippen LogP) is 0.332. The number of fused-ring (bicyclic) bond motifs is 1. The maximum absolute atomic E-state index is 13.5. The molecule has 35 heavy (non-hydrogen) atoms. The molecule has 12 nitrogen and oxygen atoms in total. The number of hydrogen-bond acceptors (Lipinski definition) is 8. The van der Waals surface area contributed by atoms with Crippen molar-refractivity contribution in [2.75, 3.05) is 37.7 Å². The van der Waals surface area contributed by atoms with Crippen LogP contribution >= 0.6 is 0 Å². The number of imidazole rings is 1. The number of ether oxygens (including phenoxy) is 1. The van der Waals surface area contributed by atoms with Gasteiger partial charge >= 0.3 is 0 Å². The van der Waals surface area contributed by atoms with Gasteiger partial charge in [0.2, 0.25) is 10.0 Å². The van der Waals surface area contributed by atoms with E-state index in [9.17, 15) is 26.7 Å². The highest BCUT2D eigenvalue weighted by atomic mass is 32.2. The Labute approximate surface area is 205 Å². The van der Waals surface area contributed by atoms with E-state index in [0.29, 0.717) is 0 Å². The molecule has 0 spiro atoms. The first-order valence-electron chi connectivity index (χ1n) is 10.9. The third-order valence-electron chi connectivity index (χ3n) is 5.88. The Balaban J connectivity index is 2.01. The van der Waals surface area contributed by atoms with Crippen molar-refractivity contribution in [2.24, 2.45) is 13.0 Å². The van der Waals surface area contributed by atoms with Crippen molar-refractivity contribution in [1.82, 2.24) is 18.8 Å². The molecule has 2 aromatic rings. The summed E-state index contributed by atoms with van der Waals surface area (Å²) in [5.41, 5.74) is 0.215. The number of carbonyl (C=O) groups excluding carboxylic acids is 1. The van der Waals surface area contributed by atoms with E-state index in [1.54, 1.807) is 14.0 Å². The van der Waals surface area contributed by atoms with Crippen LogP contribution in [0.15, 0.2) is 35.7 Å². The van der Waals surface area contributed by atoms with Gasteiger partial charge in [-0.1, -0.05) is 6.92 Å². The summed E-state index contributed by atoms with van der Waals surface area (Å²) in [6.45, 7) is 3.49. The molecule has 1 aromatic carbocycles. The Kier molecular flexibility index (Phi) is 7.79. The van der Waals surface area contributed by atoms with Gasteiger partial charge in [-0.05, 0) is 25.1 Å². The summed E-state index contributed by atoms with van der Waals surface area (Å²) in [6, 6.07) is 3.76. The lowest BCUT2D eigenvalue weighted by Gasteiger charge is -2.38. The first kappa shape index (κ1) is 26.9. The molecule has 2 N–H and O–H groups in total. The van der Waals surface area contributed by atoms with Crippen LogP contribution in [0.5, 0.6) is 5.75 Å². The zero-order chi connectivity index (χ0) is 26.1. The molecule has 1 aliphatic heterocycles. The molecule has 3 rings (SSSR count). The third-order valence-corrected chi connectivity index (χ3v) is 8.42. The van der Waals surface area contributed by atoms with E-state index >= 15 is 0 Å². The number of nitrogens with one attached hydrogen (secondary N) is 1. The lowest BCUT2D eigenvalue weighted by atomic mass is 9.99. The Hall–Kier alpha value is -2.68. The fourth-order valence-electron chi connectivity index (χ4n) is 3.63. The number of rotatable bonds is 8. The van der Waals surface area contributed by atoms with Gasteiger partial charge in [0.25, 0.3) is 15.9 Å². The minimum atomic E-state index is -4.00. The van der Waals surface area contributed by atoms with E-state index in [0.717, 1.165) is 6.26 Å². The van der Waals surface area contributed by atoms with E-state index in [4.69, 9.17) is 4.74 Å². The molecular formula is C21H31N5O7S2. The summed E-state index contributed by atoms with van der Waals surface area (Å²) < 4.78 is 60.6. The molecule has 1 aromatic heterocycles. The van der Waals surface area contributed by atoms with Gasteiger partial charge in [-0.25, -0.2) is 17.7 Å². The van der Waals surface area contributed by atoms with Gasteiger partial charge in [-0.2, -0.15) is 8.42 Å². The molecular weight excluding hydrogens is 498 g/mol. The average molecular weight is 530 g/mol. The van der Waals surface area contributed by atoms with Crippen LogP contribution in [0, 0.1) is 5.92 Å². The predicted molar refractivity (Wildman–Crippen MR) is 129 cm³/mol. The van der Waals surface area contributed by atoms with Crippen LogP contribution in [0.2, 0.25) is 0 Å². The monoisotopic (exact) mass is 529 g/mol. The molecule has 0 radical (unpaired) electrons. The Morgan fingerprint density at radius 2 is 2.00 bits per heavy atom. The van der Waals surface area contributed by atoms with Crippen LogP contribution < -0.4 is 9.46 Å². The number of hydrogen-bond donors (Lipinski definition) is 2. The normalized spacial score (nSPS) is 20.1. The van der Waals surface area contributed by atoms with Gasteiger partial charge in [0.05, 0.1) is 37.3 Å². The average Bonchev–Trinajstić information content (AvgIpc) is 3.22. The van der Waals surface area contributed by atoms with Gasteiger partial charge in [0.15, 0.2) is 5.03 Å². The maximum atomic E-state index is 13.5. The van der Waals surface area contributed by atoms with Crippen molar-refractivity contribution in [2.45, 2.75) is 31.0 Å². The van der Waals surface area contributed by atoms with Crippen LogP contribution in [0.3, 0.4) is 0 Å². The zero-order valence-electron chi connectivity index (χ0n) is 20.2. The highest BCUT2D eigenvalue weighted by Crippen LogP contribution is 2.31. The number of sulfonamides is 2. The molecule has 14 heteroatoms. The number of aliphatic hydroxyl groups is 1. The number of amides is 1. The molecule has 1 aliphatic rings. The van der Waals surface area contributed by atoms with Crippen molar-refractivity contribution >= 4 is 31.6 Å². The number of aliphatic hydroxyl groups excluding tert-OH is 1. The maximum Gasteiger partial charge on any atom is 0.280 e. The van der Waals surface area contributed by atoms with Crippen LogP contribution in [0.1, 0.15) is 24.2 Å². The summed E-state index contributed by atoms with van der Waals surface area (Å²) in [5.74, 6) is -0.529. The summed E-state index contributed by atoms with van der Waals surface area (Å²) in [7, 11) is -4.39. The second kappa shape index (κ2) is 10.1. The lowest BCUT2D eigenvalue weighted by Crippen LogP contribution is -2.50. The quantitative estimate of drug-likeness (QED) is 0.497. The van der Waals surface area contributed by atoms with Crippen molar-refractivity contribution in [3.05, 3.63) is 36.3 Å². The molecule has 0 saturated heterocycles. The van der Waals surface area contributed by atoms with Crippen molar-refractivity contribution in [1.29, 1.82) is 0 Å². The van der Waals surface area contributed by atoms with E-state index in [2.05, 4.69) is 9.71 Å². The number of nitrogens with zero attached hydrogens (tertiary/aromatic N) is 4. The SMILES string of the molecule is C[C@H](CO)N1C[C@H](C)[C@H](CN(C)S(C)(=O)=O)Oc2ccc(NS(=O)(=O)c3cn(C)cn3)cc2C1=O. The Morgan fingerprint density at radius 1 is 1.31 bits per heavy atom. The van der Waals surface area contributed by atoms with Crippen molar-refractivity contribution in [3.63, 3.8) is 0 Å². The van der Waals surface area contributed by atoms with Gasteiger partial charge in [0, 0.05) is 38.4 Å². The minimum Gasteiger partial charge on any atom is -0.488 e. The van der Waals surface area contributed by atoms with E-state index in [1.165, 1.54) is 51.5 Å². The molecule has 3 atom stereocenters. The fraction of sp³-hybridized carbons (Fsp3) is 0.524. The van der Waals surface area contributed by atoms with Crippen molar-refractivity contribution < 1.29 is 31.5 Å². The first-order valence-corrected chi connectivity index (χ1v) is 14.2. The molecule has 0 bridgehead atoms. The number of likely N-dealkylation sites (N-methyl/N-ethyl adjacent to an activating group) is 1. The largest absolute Gasteiger partial charge is 0.488 e. The van der Waals surface area contributed by atoms with Crippen LogP contribution in [0.4, 0.5) is 5.69 Å². The van der Waals surface area contributed by atoms with Crippen LogP contribution in [-0.4, -0.2) is 91.8 Å². The van der Waals surface area contributed by atoms with Gasteiger partial charge in [0.1, 0.15) is 11.9 Å². The number of aromatic nitrogens is 2. The van der Waals surface area contributed by atoms with Gasteiger partial charge in [-0.3, -0.25) is 9.52 Å². The fourth-order valence-corrected chi connectivity index (χ4v) is 5.08. The number of aryl methyl sites for hydroxylation is 1. The lowest BCUT2D eigenvalue weighted by molar-refractivity contribution is 0.0387. The van der Waals surface area contributed by atoms with Crippen LogP contribution in [0.25, 0.3) is 0 Å². The zero-order valence-corrected chi connectivity index (χ0v) is 21.9. The second-order valence-corrected chi connectivity index (χ2v) is 12.6. The number of benzene rings is 1. The highest BCUT2D eigenvalue weighted by molar-refractivity contribution is 7.92. The molecule has 0 unspecified atom stereocenters. The van der Waals surface area contributed by atoms with E-state index in [-0.39, 0.29) is 47.6 Å². The summed E-state index contributed by atoms with van der Waals surface area (Å²) >= 11 is 0. The number of anilines is 1. The van der Waals surface area contributed by atoms with Crippen LogP contribution in [-0.2, 0) is 27.1 Å². The molecule has 2 heterocycles. The standard InChI is InChI=1S/C21H31N5O7S2/c1-14-9-26(15(2)12-27)21(28)17-8-16(23-35(31,32)20-11-24(3)13-22-20)6-7-18(17)33-19(14)10-25(4)34(5,29)30/h6-8,11,13-15,19,23,27H,9-10,12H2,1-5H3/t14-,15+,19-/m0/s1. The van der Waals surface area contributed by atoms with E-state index in [1.807, 2.05) is 6.92 Å². The summed E-state index contributed by atoms with van der Waals surface area (Å²) in [5, 5.41) is 9.56. The summed E-state index contributed by atoms with van der Waals surface area (Å²) in [4.78, 5) is 18.8. The molecule has 0 aliphatic carbocycles. The summed E-state index contributed by atoms with van der Waals surface area (Å²) in [6.07, 6.45) is 3.19. The topological polar surface area (TPSA) is 151 Å². The second-order valence-electron chi connectivity index (χ2n) is 8.86. The Bertz CT molecular complexity index is 1290. The Morgan fingerprint density at radius 3 is 2.57 bits per heavy atom. The molecule has 0 saturated carbocycles.